The Morgan fingerprint density at radius 2 is 2.00 bits per heavy atom. The maximum Gasteiger partial charge on any atom is 0.131 e. The molecule has 0 aliphatic carbocycles. The molecule has 0 saturated heterocycles. The van der Waals surface area contributed by atoms with E-state index in [1.807, 2.05) is 0 Å². The summed E-state index contributed by atoms with van der Waals surface area (Å²) in [7, 11) is 0. The first-order valence-corrected chi connectivity index (χ1v) is 4.23. The number of hydrogen-bond acceptors (Lipinski definition) is 1. The van der Waals surface area contributed by atoms with Crippen LogP contribution < -0.4 is 0 Å². The van der Waals surface area contributed by atoms with E-state index in [4.69, 9.17) is 11.6 Å². The van der Waals surface area contributed by atoms with Crippen LogP contribution in [0.1, 0.15) is 18.6 Å². The Bertz CT molecular complexity index is 302. The van der Waals surface area contributed by atoms with Crippen molar-refractivity contribution in [3.05, 3.63) is 35.4 Å². The highest BCUT2D eigenvalue weighted by Gasteiger charge is 2.17. The molecule has 1 aromatic carbocycles. The topological polar surface area (TPSA) is 20.2 Å². The van der Waals surface area contributed by atoms with E-state index in [1.54, 1.807) is 0 Å². The van der Waals surface area contributed by atoms with Crippen molar-refractivity contribution in [2.45, 2.75) is 18.4 Å². The molecule has 0 bridgehead atoms. The highest BCUT2D eigenvalue weighted by molar-refractivity contribution is 6.20. The predicted molar refractivity (Wildman–Crippen MR) is 46.6 cm³/mol. The third-order valence-corrected chi connectivity index (χ3v) is 1.95. The molecule has 1 nitrogen and oxygen atoms in total. The third-order valence-electron chi connectivity index (χ3n) is 1.72. The normalized spacial score (nSPS) is 15.5. The summed E-state index contributed by atoms with van der Waals surface area (Å²) in [6, 6.07) is 2.99. The molecule has 1 rings (SSSR count). The van der Waals surface area contributed by atoms with Crippen molar-refractivity contribution < 1.29 is 13.9 Å². The van der Waals surface area contributed by atoms with E-state index in [2.05, 4.69) is 0 Å². The smallest absolute Gasteiger partial charge is 0.131 e. The van der Waals surface area contributed by atoms with Crippen LogP contribution in [-0.2, 0) is 0 Å². The number of rotatable bonds is 2. The Kier molecular flexibility index (Phi) is 3.22. The molecule has 2 atom stereocenters. The van der Waals surface area contributed by atoms with Crippen LogP contribution in [0.15, 0.2) is 18.2 Å². The van der Waals surface area contributed by atoms with Crippen molar-refractivity contribution in [2.24, 2.45) is 0 Å². The van der Waals surface area contributed by atoms with Crippen LogP contribution in [0.4, 0.5) is 8.78 Å². The summed E-state index contributed by atoms with van der Waals surface area (Å²) in [6.45, 7) is 1.54. The van der Waals surface area contributed by atoms with Crippen LogP contribution in [0, 0.1) is 11.6 Å². The van der Waals surface area contributed by atoms with Crippen molar-refractivity contribution in [3.8, 4) is 0 Å². The zero-order valence-electron chi connectivity index (χ0n) is 6.97. The first-order chi connectivity index (χ1) is 6.02. The van der Waals surface area contributed by atoms with Gasteiger partial charge in [0.1, 0.15) is 11.6 Å². The van der Waals surface area contributed by atoms with Gasteiger partial charge in [-0.2, -0.15) is 0 Å². The number of alkyl halides is 1. The molecule has 13 heavy (non-hydrogen) atoms. The number of halogens is 3. The zero-order chi connectivity index (χ0) is 10.0. The van der Waals surface area contributed by atoms with Crippen LogP contribution in [0.3, 0.4) is 0 Å². The van der Waals surface area contributed by atoms with Crippen LogP contribution in [0.25, 0.3) is 0 Å². The molecular formula is C9H9ClF2O. The van der Waals surface area contributed by atoms with E-state index in [0.29, 0.717) is 0 Å². The van der Waals surface area contributed by atoms with Crippen molar-refractivity contribution >= 4 is 11.6 Å². The molecule has 0 aliphatic heterocycles. The highest BCUT2D eigenvalue weighted by Crippen LogP contribution is 2.23. The number of hydrogen-bond donors (Lipinski definition) is 1. The van der Waals surface area contributed by atoms with Gasteiger partial charge in [0.25, 0.3) is 0 Å². The van der Waals surface area contributed by atoms with Gasteiger partial charge >= 0.3 is 0 Å². The minimum Gasteiger partial charge on any atom is -0.387 e. The molecule has 0 spiro atoms. The van der Waals surface area contributed by atoms with Gasteiger partial charge in [0.2, 0.25) is 0 Å². The molecule has 0 radical (unpaired) electrons. The maximum atomic E-state index is 13.0. The van der Waals surface area contributed by atoms with Gasteiger partial charge in [-0.05, 0) is 13.0 Å². The molecule has 1 aromatic rings. The number of benzene rings is 1. The van der Waals surface area contributed by atoms with E-state index in [1.165, 1.54) is 13.0 Å². The van der Waals surface area contributed by atoms with Crippen LogP contribution in [-0.4, -0.2) is 10.5 Å². The molecule has 0 aliphatic rings. The fraction of sp³-hybridized carbons (Fsp3) is 0.333. The SMILES string of the molecule is C[C@H](Cl)C(O)c1ccc(F)cc1F. The number of aliphatic hydroxyl groups is 1. The summed E-state index contributed by atoms with van der Waals surface area (Å²) in [5, 5.41) is 8.76. The van der Waals surface area contributed by atoms with E-state index in [9.17, 15) is 13.9 Å². The Balaban J connectivity index is 3.01. The summed E-state index contributed by atoms with van der Waals surface area (Å²) < 4.78 is 25.5. The minimum atomic E-state index is -1.11. The Morgan fingerprint density at radius 3 is 2.46 bits per heavy atom. The average molecular weight is 207 g/mol. The minimum absolute atomic E-state index is 0.0175. The molecule has 1 N–H and O–H groups in total. The fourth-order valence-electron chi connectivity index (χ4n) is 0.989. The third kappa shape index (κ3) is 2.39. The Hall–Kier alpha value is -0.670. The molecule has 0 fully saturated rings. The van der Waals surface area contributed by atoms with Gasteiger partial charge in [-0.1, -0.05) is 6.07 Å². The quantitative estimate of drug-likeness (QED) is 0.738. The monoisotopic (exact) mass is 206 g/mol. The second-order valence-electron chi connectivity index (χ2n) is 2.79. The van der Waals surface area contributed by atoms with Crippen molar-refractivity contribution in [1.29, 1.82) is 0 Å². The summed E-state index contributed by atoms with van der Waals surface area (Å²) in [5.74, 6) is -1.45. The van der Waals surface area contributed by atoms with Crippen LogP contribution >= 0.6 is 11.6 Å². The molecule has 4 heteroatoms. The van der Waals surface area contributed by atoms with Crippen molar-refractivity contribution in [1.82, 2.24) is 0 Å². The highest BCUT2D eigenvalue weighted by atomic mass is 35.5. The van der Waals surface area contributed by atoms with Gasteiger partial charge in [0.05, 0.1) is 11.5 Å². The van der Waals surface area contributed by atoms with E-state index >= 15 is 0 Å². The van der Waals surface area contributed by atoms with Crippen molar-refractivity contribution in [2.75, 3.05) is 0 Å². The zero-order valence-corrected chi connectivity index (χ0v) is 7.72. The number of aliphatic hydroxyl groups excluding tert-OH is 1. The summed E-state index contributed by atoms with van der Waals surface area (Å²) >= 11 is 5.56. The second kappa shape index (κ2) is 4.03. The van der Waals surface area contributed by atoms with Crippen LogP contribution in [0.5, 0.6) is 0 Å². The molecule has 0 saturated carbocycles. The molecule has 0 aromatic heterocycles. The lowest BCUT2D eigenvalue weighted by Crippen LogP contribution is -2.10. The molecule has 0 amide bonds. The lowest BCUT2D eigenvalue weighted by molar-refractivity contribution is 0.172. The van der Waals surface area contributed by atoms with Gasteiger partial charge < -0.3 is 5.11 Å². The van der Waals surface area contributed by atoms with Gasteiger partial charge in [0.15, 0.2) is 0 Å². The lowest BCUT2D eigenvalue weighted by Gasteiger charge is -2.13. The Morgan fingerprint density at radius 1 is 1.38 bits per heavy atom. The lowest BCUT2D eigenvalue weighted by atomic mass is 10.1. The van der Waals surface area contributed by atoms with Crippen molar-refractivity contribution in [3.63, 3.8) is 0 Å². The Labute approximate surface area is 80.0 Å². The summed E-state index contributed by atoms with van der Waals surface area (Å²) in [6.07, 6.45) is -1.11. The van der Waals surface area contributed by atoms with E-state index in [-0.39, 0.29) is 5.56 Å². The van der Waals surface area contributed by atoms with E-state index < -0.39 is 23.1 Å². The second-order valence-corrected chi connectivity index (χ2v) is 3.48. The fourth-order valence-corrected chi connectivity index (χ4v) is 1.12. The first kappa shape index (κ1) is 10.4. The van der Waals surface area contributed by atoms with Crippen LogP contribution in [0.2, 0.25) is 0 Å². The maximum absolute atomic E-state index is 13.0. The standard InChI is InChI=1S/C9H9ClF2O/c1-5(10)9(13)7-3-2-6(11)4-8(7)12/h2-5,9,13H,1H3/t5-,9?/m0/s1. The van der Waals surface area contributed by atoms with Gasteiger partial charge in [-0.25, -0.2) is 8.78 Å². The summed E-state index contributed by atoms with van der Waals surface area (Å²) in [4.78, 5) is 0. The summed E-state index contributed by atoms with van der Waals surface area (Å²) in [5.41, 5.74) is 0.0175. The van der Waals surface area contributed by atoms with E-state index in [0.717, 1.165) is 12.1 Å². The molecule has 72 valence electrons. The largest absolute Gasteiger partial charge is 0.387 e. The van der Waals surface area contributed by atoms with Gasteiger partial charge in [0, 0.05) is 11.6 Å². The molecule has 1 unspecified atom stereocenters. The predicted octanol–water partition coefficient (Wildman–Crippen LogP) is 2.63. The first-order valence-electron chi connectivity index (χ1n) is 3.79. The molecular weight excluding hydrogens is 198 g/mol. The average Bonchev–Trinajstić information content (AvgIpc) is 2.03. The molecule has 0 heterocycles. The van der Waals surface area contributed by atoms with Gasteiger partial charge in [-0.15, -0.1) is 11.6 Å². The van der Waals surface area contributed by atoms with Gasteiger partial charge in [-0.3, -0.25) is 0 Å².